The third-order valence-electron chi connectivity index (χ3n) is 3.45. The highest BCUT2D eigenvalue weighted by Crippen LogP contribution is 2.19. The molecule has 0 amide bonds. The zero-order chi connectivity index (χ0) is 13.1. The lowest BCUT2D eigenvalue weighted by Crippen LogP contribution is -2.02. The van der Waals surface area contributed by atoms with Crippen LogP contribution in [0.1, 0.15) is 10.4 Å². The van der Waals surface area contributed by atoms with Gasteiger partial charge in [-0.3, -0.25) is 0 Å². The Morgan fingerprint density at radius 2 is 2.05 bits per heavy atom. The molecule has 98 valence electrons. The number of aromatic nitrogens is 1. The third kappa shape index (κ3) is 2.72. The molecule has 2 aromatic heterocycles. The van der Waals surface area contributed by atoms with E-state index in [9.17, 15) is 0 Å². The van der Waals surface area contributed by atoms with E-state index in [1.54, 1.807) is 0 Å². The molecule has 0 radical (unpaired) electrons. The summed E-state index contributed by atoms with van der Waals surface area (Å²) in [5.74, 6) is 0. The second kappa shape index (κ2) is 5.59. The maximum atomic E-state index is 5.61. The third-order valence-corrected chi connectivity index (χ3v) is 4.38. The fourth-order valence-electron chi connectivity index (χ4n) is 2.45. The summed E-state index contributed by atoms with van der Waals surface area (Å²) >= 11 is 1.83. The van der Waals surface area contributed by atoms with Crippen LogP contribution < -0.4 is 5.73 Å². The van der Waals surface area contributed by atoms with E-state index in [1.165, 1.54) is 21.3 Å². The van der Waals surface area contributed by atoms with Crippen molar-refractivity contribution >= 4 is 22.2 Å². The summed E-state index contributed by atoms with van der Waals surface area (Å²) in [6.45, 7) is 1.75. The number of rotatable bonds is 5. The molecule has 3 rings (SSSR count). The van der Waals surface area contributed by atoms with Gasteiger partial charge in [0, 0.05) is 23.1 Å². The highest BCUT2D eigenvalue weighted by atomic mass is 32.1. The van der Waals surface area contributed by atoms with Crippen LogP contribution in [0.5, 0.6) is 0 Å². The first-order valence-electron chi connectivity index (χ1n) is 6.67. The molecule has 0 aliphatic heterocycles. The van der Waals surface area contributed by atoms with E-state index in [1.807, 2.05) is 11.3 Å². The number of thiophene rings is 1. The number of hydrogen-bond donors (Lipinski definition) is 1. The summed E-state index contributed by atoms with van der Waals surface area (Å²) in [5, 5.41) is 3.46. The Kier molecular flexibility index (Phi) is 3.67. The van der Waals surface area contributed by atoms with Gasteiger partial charge in [0.2, 0.25) is 0 Å². The standard InChI is InChI=1S/C16H18N2S/c17-8-5-13-3-4-16-14(12-13)6-9-18(16)10-7-15-2-1-11-19-15/h1-4,6,9,11-12H,5,7-8,10,17H2. The first-order valence-corrected chi connectivity index (χ1v) is 7.55. The van der Waals surface area contributed by atoms with Crippen LogP contribution in [0.4, 0.5) is 0 Å². The van der Waals surface area contributed by atoms with Crippen LogP contribution in [0.3, 0.4) is 0 Å². The molecule has 0 fully saturated rings. The predicted molar refractivity (Wildman–Crippen MR) is 82.7 cm³/mol. The molecule has 3 heteroatoms. The summed E-state index contributed by atoms with van der Waals surface area (Å²) in [6, 6.07) is 13.2. The molecule has 2 N–H and O–H groups in total. The van der Waals surface area contributed by atoms with E-state index in [0.717, 1.165) is 19.4 Å². The van der Waals surface area contributed by atoms with Crippen molar-refractivity contribution in [3.63, 3.8) is 0 Å². The van der Waals surface area contributed by atoms with Crippen molar-refractivity contribution < 1.29 is 0 Å². The van der Waals surface area contributed by atoms with Gasteiger partial charge in [-0.05, 0) is 60.0 Å². The minimum absolute atomic E-state index is 0.713. The molecular weight excluding hydrogens is 252 g/mol. The molecule has 19 heavy (non-hydrogen) atoms. The maximum absolute atomic E-state index is 5.61. The lowest BCUT2D eigenvalue weighted by atomic mass is 10.1. The predicted octanol–water partition coefficient (Wildman–Crippen LogP) is 3.45. The lowest BCUT2D eigenvalue weighted by Gasteiger charge is -2.05. The number of nitrogens with two attached hydrogens (primary N) is 1. The molecule has 1 aromatic carbocycles. The van der Waals surface area contributed by atoms with E-state index in [4.69, 9.17) is 5.73 Å². The Balaban J connectivity index is 1.80. The quantitative estimate of drug-likeness (QED) is 0.756. The molecule has 2 heterocycles. The van der Waals surface area contributed by atoms with Crippen molar-refractivity contribution in [2.45, 2.75) is 19.4 Å². The first kappa shape index (κ1) is 12.5. The average molecular weight is 270 g/mol. The highest BCUT2D eigenvalue weighted by Gasteiger charge is 2.03. The molecule has 0 saturated heterocycles. The van der Waals surface area contributed by atoms with Gasteiger partial charge in [0.25, 0.3) is 0 Å². The monoisotopic (exact) mass is 270 g/mol. The van der Waals surface area contributed by atoms with Gasteiger partial charge in [0.1, 0.15) is 0 Å². The van der Waals surface area contributed by atoms with Crippen molar-refractivity contribution in [1.29, 1.82) is 0 Å². The Bertz CT molecular complexity index is 653. The normalized spacial score (nSPS) is 11.2. The molecular formula is C16H18N2S. The van der Waals surface area contributed by atoms with Gasteiger partial charge in [-0.1, -0.05) is 12.1 Å². The number of hydrogen-bond acceptors (Lipinski definition) is 2. The molecule has 3 aromatic rings. The van der Waals surface area contributed by atoms with E-state index >= 15 is 0 Å². The van der Waals surface area contributed by atoms with Gasteiger partial charge in [0.15, 0.2) is 0 Å². The molecule has 0 aliphatic rings. The summed E-state index contributed by atoms with van der Waals surface area (Å²) in [4.78, 5) is 1.45. The SMILES string of the molecule is NCCc1ccc2c(ccn2CCc2cccs2)c1. The van der Waals surface area contributed by atoms with E-state index in [-0.39, 0.29) is 0 Å². The second-order valence-electron chi connectivity index (χ2n) is 4.77. The minimum Gasteiger partial charge on any atom is -0.347 e. The van der Waals surface area contributed by atoms with E-state index in [2.05, 4.69) is 52.5 Å². The Hall–Kier alpha value is -1.58. The number of fused-ring (bicyclic) bond motifs is 1. The van der Waals surface area contributed by atoms with Crippen molar-refractivity contribution in [3.05, 3.63) is 58.4 Å². The van der Waals surface area contributed by atoms with E-state index in [0.29, 0.717) is 6.54 Å². The Morgan fingerprint density at radius 1 is 1.11 bits per heavy atom. The smallest absolute Gasteiger partial charge is 0.0480 e. The van der Waals surface area contributed by atoms with Crippen LogP contribution in [0.2, 0.25) is 0 Å². The van der Waals surface area contributed by atoms with Crippen molar-refractivity contribution in [2.24, 2.45) is 5.73 Å². The Morgan fingerprint density at radius 3 is 2.84 bits per heavy atom. The molecule has 0 spiro atoms. The van der Waals surface area contributed by atoms with Crippen molar-refractivity contribution in [1.82, 2.24) is 4.57 Å². The highest BCUT2D eigenvalue weighted by molar-refractivity contribution is 7.09. The summed E-state index contributed by atoms with van der Waals surface area (Å²) < 4.78 is 2.33. The summed E-state index contributed by atoms with van der Waals surface area (Å²) in [7, 11) is 0. The second-order valence-corrected chi connectivity index (χ2v) is 5.80. The molecule has 0 aliphatic carbocycles. The molecule has 0 unspecified atom stereocenters. The largest absolute Gasteiger partial charge is 0.347 e. The van der Waals surface area contributed by atoms with Crippen LogP contribution in [-0.4, -0.2) is 11.1 Å². The minimum atomic E-state index is 0.713. The van der Waals surface area contributed by atoms with Gasteiger partial charge >= 0.3 is 0 Å². The fourth-order valence-corrected chi connectivity index (χ4v) is 3.15. The molecule has 0 bridgehead atoms. The Labute approximate surface area is 117 Å². The van der Waals surface area contributed by atoms with Gasteiger partial charge in [-0.15, -0.1) is 11.3 Å². The zero-order valence-electron chi connectivity index (χ0n) is 10.9. The van der Waals surface area contributed by atoms with Gasteiger partial charge in [-0.2, -0.15) is 0 Å². The van der Waals surface area contributed by atoms with E-state index < -0.39 is 0 Å². The van der Waals surface area contributed by atoms with Gasteiger partial charge < -0.3 is 10.3 Å². The average Bonchev–Trinajstić information content (AvgIpc) is 3.05. The number of benzene rings is 1. The van der Waals surface area contributed by atoms with Gasteiger partial charge in [0.05, 0.1) is 0 Å². The zero-order valence-corrected chi connectivity index (χ0v) is 11.7. The number of aryl methyl sites for hydroxylation is 2. The van der Waals surface area contributed by atoms with Crippen LogP contribution in [0.25, 0.3) is 10.9 Å². The van der Waals surface area contributed by atoms with Gasteiger partial charge in [-0.25, -0.2) is 0 Å². The number of nitrogens with zero attached hydrogens (tertiary/aromatic N) is 1. The molecule has 0 atom stereocenters. The van der Waals surface area contributed by atoms with Crippen LogP contribution >= 0.6 is 11.3 Å². The first-order chi connectivity index (χ1) is 9.36. The van der Waals surface area contributed by atoms with Crippen LogP contribution in [0.15, 0.2) is 48.0 Å². The molecule has 0 saturated carbocycles. The maximum Gasteiger partial charge on any atom is 0.0480 e. The lowest BCUT2D eigenvalue weighted by molar-refractivity contribution is 0.729. The fraction of sp³-hybridized carbons (Fsp3) is 0.250. The summed E-state index contributed by atoms with van der Waals surface area (Å²) in [5.41, 5.74) is 8.25. The van der Waals surface area contributed by atoms with Crippen molar-refractivity contribution in [3.8, 4) is 0 Å². The van der Waals surface area contributed by atoms with Crippen molar-refractivity contribution in [2.75, 3.05) is 6.54 Å². The summed E-state index contributed by atoms with van der Waals surface area (Å²) in [6.07, 6.45) is 4.24. The van der Waals surface area contributed by atoms with Crippen LogP contribution in [0, 0.1) is 0 Å². The topological polar surface area (TPSA) is 30.9 Å². The molecule has 2 nitrogen and oxygen atoms in total. The van der Waals surface area contributed by atoms with Crippen LogP contribution in [-0.2, 0) is 19.4 Å².